The van der Waals surface area contributed by atoms with E-state index in [1.54, 1.807) is 24.3 Å². The SMILES string of the molecule is CC(C)=C(O)c1ccc(C=O)cc1. The molecule has 1 N–H and O–H groups in total. The summed E-state index contributed by atoms with van der Waals surface area (Å²) in [7, 11) is 0. The first kappa shape index (κ1) is 9.52. The van der Waals surface area contributed by atoms with Crippen molar-refractivity contribution < 1.29 is 9.90 Å². The van der Waals surface area contributed by atoms with Crippen molar-refractivity contribution >= 4 is 12.0 Å². The van der Waals surface area contributed by atoms with Gasteiger partial charge in [0.05, 0.1) is 0 Å². The van der Waals surface area contributed by atoms with Crippen LogP contribution < -0.4 is 0 Å². The number of hydrogen-bond acceptors (Lipinski definition) is 2. The molecule has 0 spiro atoms. The molecule has 0 aliphatic heterocycles. The highest BCUT2D eigenvalue weighted by atomic mass is 16.3. The summed E-state index contributed by atoms with van der Waals surface area (Å²) in [6.45, 7) is 3.67. The highest BCUT2D eigenvalue weighted by Crippen LogP contribution is 2.15. The lowest BCUT2D eigenvalue weighted by atomic mass is 10.1. The van der Waals surface area contributed by atoms with Crippen molar-refractivity contribution in [2.75, 3.05) is 0 Å². The summed E-state index contributed by atoms with van der Waals surface area (Å²) in [4.78, 5) is 10.3. The molecule has 0 aliphatic rings. The van der Waals surface area contributed by atoms with Crippen LogP contribution in [-0.4, -0.2) is 11.4 Å². The first-order valence-electron chi connectivity index (χ1n) is 4.07. The average Bonchev–Trinajstić information content (AvgIpc) is 2.17. The minimum Gasteiger partial charge on any atom is -0.507 e. The van der Waals surface area contributed by atoms with Crippen molar-refractivity contribution in [1.82, 2.24) is 0 Å². The number of allylic oxidation sites excluding steroid dienone is 1. The summed E-state index contributed by atoms with van der Waals surface area (Å²) in [5, 5.41) is 9.55. The molecule has 0 fully saturated rings. The lowest BCUT2D eigenvalue weighted by Crippen LogP contribution is -1.86. The van der Waals surface area contributed by atoms with E-state index in [2.05, 4.69) is 0 Å². The Labute approximate surface area is 77.5 Å². The Balaban J connectivity index is 3.06. The molecule has 0 saturated heterocycles. The molecule has 0 aliphatic carbocycles. The molecule has 1 rings (SSSR count). The summed E-state index contributed by atoms with van der Waals surface area (Å²) < 4.78 is 0. The highest BCUT2D eigenvalue weighted by molar-refractivity contribution is 5.76. The van der Waals surface area contributed by atoms with Crippen molar-refractivity contribution in [3.8, 4) is 0 Å². The molecule has 1 aromatic carbocycles. The predicted molar refractivity (Wildman–Crippen MR) is 52.7 cm³/mol. The molecule has 2 nitrogen and oxygen atoms in total. The second kappa shape index (κ2) is 3.90. The van der Waals surface area contributed by atoms with Gasteiger partial charge in [-0.3, -0.25) is 4.79 Å². The third-order valence-corrected chi connectivity index (χ3v) is 1.79. The van der Waals surface area contributed by atoms with Crippen LogP contribution in [-0.2, 0) is 0 Å². The molecular weight excluding hydrogens is 164 g/mol. The second-order valence-electron chi connectivity index (χ2n) is 3.09. The van der Waals surface area contributed by atoms with Gasteiger partial charge in [-0.2, -0.15) is 0 Å². The van der Waals surface area contributed by atoms with Gasteiger partial charge >= 0.3 is 0 Å². The predicted octanol–water partition coefficient (Wildman–Crippen LogP) is 2.81. The molecule has 68 valence electrons. The van der Waals surface area contributed by atoms with Crippen LogP contribution in [0.15, 0.2) is 29.8 Å². The molecule has 2 heteroatoms. The van der Waals surface area contributed by atoms with E-state index >= 15 is 0 Å². The van der Waals surface area contributed by atoms with Gasteiger partial charge in [0.25, 0.3) is 0 Å². The van der Waals surface area contributed by atoms with Crippen LogP contribution in [0.1, 0.15) is 29.8 Å². The monoisotopic (exact) mass is 176 g/mol. The standard InChI is InChI=1S/C11H12O2/c1-8(2)11(13)10-5-3-9(7-12)4-6-10/h3-7,13H,1-2H3. The number of aldehydes is 1. The fourth-order valence-electron chi connectivity index (χ4n) is 1.01. The Hall–Kier alpha value is -1.57. The number of rotatable bonds is 2. The summed E-state index contributed by atoms with van der Waals surface area (Å²) in [5.74, 6) is 0.275. The normalized spacial score (nSPS) is 9.38. The minimum absolute atomic E-state index is 0.275. The molecule has 13 heavy (non-hydrogen) atoms. The number of benzene rings is 1. The van der Waals surface area contributed by atoms with Crippen LogP contribution in [0.5, 0.6) is 0 Å². The van der Waals surface area contributed by atoms with Gasteiger partial charge in [-0.15, -0.1) is 0 Å². The van der Waals surface area contributed by atoms with Crippen LogP contribution >= 0.6 is 0 Å². The number of aliphatic hydroxyl groups excluding tert-OH is 1. The zero-order chi connectivity index (χ0) is 9.84. The molecule has 0 atom stereocenters. The van der Waals surface area contributed by atoms with Gasteiger partial charge in [-0.25, -0.2) is 0 Å². The van der Waals surface area contributed by atoms with Crippen molar-refractivity contribution in [2.45, 2.75) is 13.8 Å². The fraction of sp³-hybridized carbons (Fsp3) is 0.182. The lowest BCUT2D eigenvalue weighted by molar-refractivity contribution is 0.112. The molecule has 0 aromatic heterocycles. The first-order valence-corrected chi connectivity index (χ1v) is 4.07. The van der Waals surface area contributed by atoms with Crippen molar-refractivity contribution in [2.24, 2.45) is 0 Å². The van der Waals surface area contributed by atoms with E-state index in [0.717, 1.165) is 17.4 Å². The number of hydrogen-bond donors (Lipinski definition) is 1. The zero-order valence-electron chi connectivity index (χ0n) is 7.74. The Morgan fingerprint density at radius 1 is 1.23 bits per heavy atom. The van der Waals surface area contributed by atoms with Gasteiger partial charge in [0.2, 0.25) is 0 Å². The van der Waals surface area contributed by atoms with Crippen molar-refractivity contribution in [1.29, 1.82) is 0 Å². The Morgan fingerprint density at radius 3 is 2.15 bits per heavy atom. The minimum atomic E-state index is 0.275. The Bertz CT molecular complexity index is 330. The van der Waals surface area contributed by atoms with E-state index in [4.69, 9.17) is 0 Å². The van der Waals surface area contributed by atoms with Gasteiger partial charge in [0.1, 0.15) is 12.0 Å². The Kier molecular flexibility index (Phi) is 2.85. The van der Waals surface area contributed by atoms with Gasteiger partial charge < -0.3 is 5.11 Å². The van der Waals surface area contributed by atoms with Crippen LogP contribution in [0, 0.1) is 0 Å². The third kappa shape index (κ3) is 2.18. The largest absolute Gasteiger partial charge is 0.507 e. The van der Waals surface area contributed by atoms with E-state index in [0.29, 0.717) is 5.56 Å². The maximum Gasteiger partial charge on any atom is 0.150 e. The molecular formula is C11H12O2. The van der Waals surface area contributed by atoms with E-state index in [1.165, 1.54) is 0 Å². The molecule has 0 unspecified atom stereocenters. The van der Waals surface area contributed by atoms with Gasteiger partial charge in [0.15, 0.2) is 0 Å². The van der Waals surface area contributed by atoms with E-state index in [1.807, 2.05) is 13.8 Å². The quantitative estimate of drug-likeness (QED) is 0.555. The summed E-state index contributed by atoms with van der Waals surface area (Å²) in [6.07, 6.45) is 0.781. The number of carbonyl (C=O) groups excluding carboxylic acids is 1. The molecule has 0 saturated carbocycles. The van der Waals surface area contributed by atoms with E-state index in [-0.39, 0.29) is 5.76 Å². The third-order valence-electron chi connectivity index (χ3n) is 1.79. The van der Waals surface area contributed by atoms with Gasteiger partial charge in [0, 0.05) is 11.1 Å². The maximum absolute atomic E-state index is 10.3. The van der Waals surface area contributed by atoms with E-state index in [9.17, 15) is 9.90 Å². The molecule has 0 heterocycles. The number of aliphatic hydroxyl groups is 1. The molecule has 1 aromatic rings. The van der Waals surface area contributed by atoms with Crippen molar-refractivity contribution in [3.63, 3.8) is 0 Å². The van der Waals surface area contributed by atoms with Crippen LogP contribution in [0.2, 0.25) is 0 Å². The van der Waals surface area contributed by atoms with Gasteiger partial charge in [-0.1, -0.05) is 24.3 Å². The van der Waals surface area contributed by atoms with Crippen molar-refractivity contribution in [3.05, 3.63) is 41.0 Å². The topological polar surface area (TPSA) is 37.3 Å². The van der Waals surface area contributed by atoms with E-state index < -0.39 is 0 Å². The highest BCUT2D eigenvalue weighted by Gasteiger charge is 1.99. The lowest BCUT2D eigenvalue weighted by Gasteiger charge is -2.02. The average molecular weight is 176 g/mol. The summed E-state index contributed by atoms with van der Waals surface area (Å²) in [6, 6.07) is 6.82. The first-order chi connectivity index (χ1) is 6.15. The van der Waals surface area contributed by atoms with Crippen LogP contribution in [0.25, 0.3) is 5.76 Å². The van der Waals surface area contributed by atoms with Crippen LogP contribution in [0.4, 0.5) is 0 Å². The fourth-order valence-corrected chi connectivity index (χ4v) is 1.01. The second-order valence-corrected chi connectivity index (χ2v) is 3.09. The van der Waals surface area contributed by atoms with Gasteiger partial charge in [-0.05, 0) is 19.4 Å². The smallest absolute Gasteiger partial charge is 0.150 e. The summed E-state index contributed by atoms with van der Waals surface area (Å²) in [5.41, 5.74) is 2.22. The molecule has 0 radical (unpaired) electrons. The maximum atomic E-state index is 10.3. The summed E-state index contributed by atoms with van der Waals surface area (Å²) >= 11 is 0. The zero-order valence-corrected chi connectivity index (χ0v) is 7.74. The van der Waals surface area contributed by atoms with Crippen LogP contribution in [0.3, 0.4) is 0 Å². The number of carbonyl (C=O) groups is 1. The molecule has 0 bridgehead atoms. The molecule has 0 amide bonds. The Morgan fingerprint density at radius 2 is 1.77 bits per heavy atom.